The monoisotopic (exact) mass is 392 g/mol. The van der Waals surface area contributed by atoms with Crippen molar-refractivity contribution < 1.29 is 22.7 Å². The third-order valence-electron chi connectivity index (χ3n) is 5.81. The minimum absolute atomic E-state index is 0.118. The van der Waals surface area contributed by atoms with E-state index in [1.54, 1.807) is 28.6 Å². The van der Waals surface area contributed by atoms with Crippen LogP contribution in [0.25, 0.3) is 0 Å². The van der Waals surface area contributed by atoms with Crippen molar-refractivity contribution in [3.8, 4) is 5.75 Å². The van der Waals surface area contributed by atoms with Gasteiger partial charge in [0.05, 0.1) is 11.5 Å². The quantitative estimate of drug-likeness (QED) is 0.715. The van der Waals surface area contributed by atoms with E-state index in [0.717, 1.165) is 12.8 Å². The molecular weight excluding hydrogens is 368 g/mol. The predicted octanol–water partition coefficient (Wildman–Crippen LogP) is 1.92. The molecule has 3 heterocycles. The summed E-state index contributed by atoms with van der Waals surface area (Å²) in [5.74, 6) is 0.406. The number of hydrogen-bond acceptors (Lipinski definition) is 5. The zero-order valence-electron chi connectivity index (χ0n) is 15.3. The lowest BCUT2D eigenvalue weighted by Crippen LogP contribution is -2.53. The summed E-state index contributed by atoms with van der Waals surface area (Å²) in [5, 5.41) is 0. The second kappa shape index (κ2) is 6.91. The summed E-state index contributed by atoms with van der Waals surface area (Å²) < 4.78 is 33.4. The fourth-order valence-corrected chi connectivity index (χ4v) is 6.60. The highest BCUT2D eigenvalue weighted by molar-refractivity contribution is 7.89. The molecule has 4 rings (SSSR count). The highest BCUT2D eigenvalue weighted by atomic mass is 32.2. The molecule has 0 spiro atoms. The van der Waals surface area contributed by atoms with Crippen molar-refractivity contribution in [1.82, 2.24) is 9.21 Å². The van der Waals surface area contributed by atoms with Crippen LogP contribution >= 0.6 is 0 Å². The van der Waals surface area contributed by atoms with Gasteiger partial charge in [-0.3, -0.25) is 14.5 Å². The van der Waals surface area contributed by atoms with Crippen molar-refractivity contribution in [2.75, 3.05) is 6.61 Å². The van der Waals surface area contributed by atoms with Gasteiger partial charge in [0.15, 0.2) is 0 Å². The Morgan fingerprint density at radius 1 is 0.963 bits per heavy atom. The highest BCUT2D eigenvalue weighted by Gasteiger charge is 2.50. The Morgan fingerprint density at radius 2 is 1.52 bits per heavy atom. The van der Waals surface area contributed by atoms with Gasteiger partial charge >= 0.3 is 0 Å². The molecule has 0 N–H and O–H groups in total. The summed E-state index contributed by atoms with van der Waals surface area (Å²) in [4.78, 5) is 25.8. The number of sulfonamides is 1. The molecule has 7 nitrogen and oxygen atoms in total. The molecule has 146 valence electrons. The topological polar surface area (TPSA) is 84.0 Å². The first-order valence-electron chi connectivity index (χ1n) is 9.53. The molecule has 2 amide bonds. The molecule has 3 saturated heterocycles. The Balaban J connectivity index is 1.55. The van der Waals surface area contributed by atoms with Gasteiger partial charge in [-0.2, -0.15) is 4.31 Å². The molecule has 3 fully saturated rings. The third kappa shape index (κ3) is 3.14. The van der Waals surface area contributed by atoms with Crippen molar-refractivity contribution in [1.29, 1.82) is 0 Å². The van der Waals surface area contributed by atoms with Gasteiger partial charge in [0.1, 0.15) is 5.75 Å². The number of carbonyl (C=O) groups excluding carboxylic acids is 2. The van der Waals surface area contributed by atoms with E-state index in [2.05, 4.69) is 0 Å². The van der Waals surface area contributed by atoms with E-state index in [4.69, 9.17) is 4.74 Å². The fraction of sp³-hybridized carbons (Fsp3) is 0.579. The number of nitrogens with zero attached hydrogens (tertiary/aromatic N) is 2. The van der Waals surface area contributed by atoms with Crippen molar-refractivity contribution in [2.45, 2.75) is 68.5 Å². The summed E-state index contributed by atoms with van der Waals surface area (Å²) in [5.41, 5.74) is 0. The molecule has 1 aromatic rings. The summed E-state index contributed by atoms with van der Waals surface area (Å²) >= 11 is 0. The van der Waals surface area contributed by atoms with Gasteiger partial charge in [-0.15, -0.1) is 0 Å². The smallest absolute Gasteiger partial charge is 0.243 e. The van der Waals surface area contributed by atoms with Crippen molar-refractivity contribution >= 4 is 21.8 Å². The van der Waals surface area contributed by atoms with Crippen LogP contribution in [0.3, 0.4) is 0 Å². The Morgan fingerprint density at radius 3 is 2.04 bits per heavy atom. The second-order valence-electron chi connectivity index (χ2n) is 7.41. The summed E-state index contributed by atoms with van der Waals surface area (Å²) in [6.07, 6.45) is 3.16. The number of rotatable bonds is 5. The highest BCUT2D eigenvalue weighted by Crippen LogP contribution is 2.42. The van der Waals surface area contributed by atoms with Crippen LogP contribution in [0.1, 0.15) is 45.4 Å². The van der Waals surface area contributed by atoms with Crippen LogP contribution in [-0.2, 0) is 19.6 Å². The van der Waals surface area contributed by atoms with E-state index in [-0.39, 0.29) is 47.7 Å². The number of amides is 2. The Labute approximate surface area is 159 Å². The second-order valence-corrected chi connectivity index (χ2v) is 9.25. The van der Waals surface area contributed by atoms with Crippen molar-refractivity contribution in [2.24, 2.45) is 0 Å². The summed E-state index contributed by atoms with van der Waals surface area (Å²) in [7, 11) is -3.61. The van der Waals surface area contributed by atoms with E-state index < -0.39 is 10.0 Å². The lowest BCUT2D eigenvalue weighted by Gasteiger charge is -2.40. The lowest BCUT2D eigenvalue weighted by atomic mass is 9.98. The largest absolute Gasteiger partial charge is 0.494 e. The number of ether oxygens (including phenoxy) is 1. The van der Waals surface area contributed by atoms with Gasteiger partial charge in [-0.25, -0.2) is 8.42 Å². The summed E-state index contributed by atoms with van der Waals surface area (Å²) in [6, 6.07) is 6.02. The van der Waals surface area contributed by atoms with Gasteiger partial charge < -0.3 is 4.74 Å². The molecule has 8 heteroatoms. The molecule has 2 bridgehead atoms. The van der Waals surface area contributed by atoms with Gasteiger partial charge in [0.25, 0.3) is 0 Å². The number of likely N-dealkylation sites (tertiary alicyclic amines) is 1. The average molecular weight is 392 g/mol. The zero-order chi connectivity index (χ0) is 19.2. The summed E-state index contributed by atoms with van der Waals surface area (Å²) in [6.45, 7) is 2.40. The Kier molecular flexibility index (Phi) is 4.71. The molecule has 2 unspecified atom stereocenters. The molecular formula is C19H24N2O5S. The van der Waals surface area contributed by atoms with Gasteiger partial charge in [-0.1, -0.05) is 0 Å². The number of hydrogen-bond donors (Lipinski definition) is 0. The van der Waals surface area contributed by atoms with E-state index in [1.807, 2.05) is 6.92 Å². The first kappa shape index (κ1) is 18.4. The third-order valence-corrected chi connectivity index (χ3v) is 7.83. The lowest BCUT2D eigenvalue weighted by molar-refractivity contribution is -0.142. The van der Waals surface area contributed by atoms with Gasteiger partial charge in [-0.05, 0) is 56.9 Å². The SMILES string of the molecule is CCOc1ccc(S(=O)(=O)N2C3CCC2CC(N2C(=O)CCC2=O)C3)cc1. The maximum atomic E-state index is 13.2. The van der Waals surface area contributed by atoms with E-state index in [1.165, 1.54) is 4.90 Å². The zero-order valence-corrected chi connectivity index (χ0v) is 16.2. The predicted molar refractivity (Wildman–Crippen MR) is 97.6 cm³/mol. The molecule has 27 heavy (non-hydrogen) atoms. The number of fused-ring (bicyclic) bond motifs is 2. The average Bonchev–Trinajstić information content (AvgIpc) is 3.12. The number of imide groups is 1. The molecule has 3 aliphatic rings. The van der Waals surface area contributed by atoms with Crippen molar-refractivity contribution in [3.63, 3.8) is 0 Å². The van der Waals surface area contributed by atoms with E-state index >= 15 is 0 Å². The molecule has 0 radical (unpaired) electrons. The maximum Gasteiger partial charge on any atom is 0.243 e. The number of piperidine rings is 1. The van der Waals surface area contributed by atoms with Gasteiger partial charge in [0.2, 0.25) is 21.8 Å². The Hall–Kier alpha value is -1.93. The minimum atomic E-state index is -3.61. The van der Waals surface area contributed by atoms with Crippen LogP contribution in [-0.4, -0.2) is 54.2 Å². The fourth-order valence-electron chi connectivity index (χ4n) is 4.71. The van der Waals surface area contributed by atoms with Crippen LogP contribution < -0.4 is 4.74 Å². The van der Waals surface area contributed by atoms with Crippen LogP contribution in [0.15, 0.2) is 29.2 Å². The van der Waals surface area contributed by atoms with E-state index in [9.17, 15) is 18.0 Å². The molecule has 0 saturated carbocycles. The maximum absolute atomic E-state index is 13.2. The minimum Gasteiger partial charge on any atom is -0.494 e. The standard InChI is InChI=1S/C19H24N2O5S/c1-2-26-16-5-7-17(8-6-16)27(24,25)21-13-3-4-14(21)12-15(11-13)20-18(22)9-10-19(20)23/h5-8,13-15H,2-4,9-12H2,1H3. The molecule has 1 aromatic carbocycles. The molecule has 0 aliphatic carbocycles. The molecule has 3 aliphatic heterocycles. The number of carbonyl (C=O) groups is 2. The first-order chi connectivity index (χ1) is 12.9. The van der Waals surface area contributed by atoms with Crippen LogP contribution in [0.4, 0.5) is 0 Å². The van der Waals surface area contributed by atoms with E-state index in [0.29, 0.717) is 25.2 Å². The number of benzene rings is 1. The van der Waals surface area contributed by atoms with Crippen LogP contribution in [0.5, 0.6) is 5.75 Å². The molecule has 0 aromatic heterocycles. The normalized spacial score (nSPS) is 28.8. The van der Waals surface area contributed by atoms with Crippen LogP contribution in [0, 0.1) is 0 Å². The van der Waals surface area contributed by atoms with Crippen LogP contribution in [0.2, 0.25) is 0 Å². The van der Waals surface area contributed by atoms with Crippen molar-refractivity contribution in [3.05, 3.63) is 24.3 Å². The Bertz CT molecular complexity index is 821. The van der Waals surface area contributed by atoms with Gasteiger partial charge in [0, 0.05) is 31.0 Å². The molecule has 2 atom stereocenters. The first-order valence-corrected chi connectivity index (χ1v) is 11.0.